The second-order valence-electron chi connectivity index (χ2n) is 6.97. The molecular formula is C19H28FNO. The number of benzene rings is 1. The van der Waals surface area contributed by atoms with E-state index in [1.54, 1.807) is 19.2 Å². The van der Waals surface area contributed by atoms with Crippen LogP contribution in [0.4, 0.5) is 4.39 Å². The quantitative estimate of drug-likeness (QED) is 0.806. The van der Waals surface area contributed by atoms with Crippen molar-refractivity contribution in [1.29, 1.82) is 0 Å². The maximum Gasteiger partial charge on any atom is 0.123 e. The number of likely N-dealkylation sites (tertiary alicyclic amines) is 1. The van der Waals surface area contributed by atoms with Gasteiger partial charge in [0.1, 0.15) is 11.6 Å². The molecule has 1 heterocycles. The van der Waals surface area contributed by atoms with Gasteiger partial charge < -0.3 is 9.64 Å². The van der Waals surface area contributed by atoms with Crippen LogP contribution in [-0.2, 0) is 0 Å². The molecule has 0 amide bonds. The highest BCUT2D eigenvalue weighted by Crippen LogP contribution is 2.35. The number of hydrogen-bond acceptors (Lipinski definition) is 2. The van der Waals surface area contributed by atoms with Crippen LogP contribution < -0.4 is 4.74 Å². The van der Waals surface area contributed by atoms with Crippen molar-refractivity contribution >= 4 is 0 Å². The molecule has 0 atom stereocenters. The van der Waals surface area contributed by atoms with E-state index in [2.05, 4.69) is 4.90 Å². The zero-order chi connectivity index (χ0) is 15.4. The van der Waals surface area contributed by atoms with Crippen LogP contribution in [0.15, 0.2) is 18.2 Å². The molecule has 22 heavy (non-hydrogen) atoms. The van der Waals surface area contributed by atoms with Crippen molar-refractivity contribution in [2.45, 2.75) is 50.9 Å². The van der Waals surface area contributed by atoms with Crippen LogP contribution in [0.25, 0.3) is 0 Å². The largest absolute Gasteiger partial charge is 0.496 e. The van der Waals surface area contributed by atoms with Crippen molar-refractivity contribution in [3.8, 4) is 5.75 Å². The smallest absolute Gasteiger partial charge is 0.123 e. The van der Waals surface area contributed by atoms with Crippen molar-refractivity contribution in [2.24, 2.45) is 5.92 Å². The van der Waals surface area contributed by atoms with Gasteiger partial charge in [0.05, 0.1) is 7.11 Å². The monoisotopic (exact) mass is 305 g/mol. The lowest BCUT2D eigenvalue weighted by molar-refractivity contribution is 0.163. The molecule has 0 unspecified atom stereocenters. The Morgan fingerprint density at radius 2 is 1.82 bits per heavy atom. The van der Waals surface area contributed by atoms with Gasteiger partial charge in [-0.2, -0.15) is 0 Å². The summed E-state index contributed by atoms with van der Waals surface area (Å²) >= 11 is 0. The van der Waals surface area contributed by atoms with Gasteiger partial charge in [0.15, 0.2) is 0 Å². The summed E-state index contributed by atoms with van der Waals surface area (Å²) in [5, 5.41) is 0. The van der Waals surface area contributed by atoms with E-state index in [0.29, 0.717) is 5.92 Å². The summed E-state index contributed by atoms with van der Waals surface area (Å²) in [7, 11) is 1.68. The lowest BCUT2D eigenvalue weighted by Gasteiger charge is -2.35. The second kappa shape index (κ2) is 7.45. The molecule has 1 aromatic carbocycles. The van der Waals surface area contributed by atoms with Crippen molar-refractivity contribution in [2.75, 3.05) is 26.7 Å². The van der Waals surface area contributed by atoms with Gasteiger partial charge in [0, 0.05) is 12.1 Å². The third kappa shape index (κ3) is 3.81. The first kappa shape index (κ1) is 15.8. The SMILES string of the molecule is COc1ccc(F)cc1C1CCN(CC2CCCCC2)CC1. The predicted molar refractivity (Wildman–Crippen MR) is 87.9 cm³/mol. The number of ether oxygens (including phenoxy) is 1. The second-order valence-corrected chi connectivity index (χ2v) is 6.97. The highest BCUT2D eigenvalue weighted by Gasteiger charge is 2.25. The Bertz CT molecular complexity index is 476. The van der Waals surface area contributed by atoms with Crippen molar-refractivity contribution in [1.82, 2.24) is 4.90 Å². The summed E-state index contributed by atoms with van der Waals surface area (Å²) in [5.41, 5.74) is 1.06. The molecule has 2 aliphatic rings. The average molecular weight is 305 g/mol. The zero-order valence-electron chi connectivity index (χ0n) is 13.7. The van der Waals surface area contributed by atoms with Crippen LogP contribution in [-0.4, -0.2) is 31.6 Å². The van der Waals surface area contributed by atoms with Crippen molar-refractivity contribution < 1.29 is 9.13 Å². The normalized spacial score (nSPS) is 21.9. The van der Waals surface area contributed by atoms with E-state index in [1.165, 1.54) is 44.7 Å². The van der Waals surface area contributed by atoms with E-state index < -0.39 is 0 Å². The van der Waals surface area contributed by atoms with Gasteiger partial charge in [-0.3, -0.25) is 0 Å². The first-order chi connectivity index (χ1) is 10.8. The third-order valence-corrected chi connectivity index (χ3v) is 5.46. The summed E-state index contributed by atoms with van der Waals surface area (Å²) in [6, 6.07) is 4.92. The molecule has 1 aliphatic carbocycles. The van der Waals surface area contributed by atoms with E-state index in [0.717, 1.165) is 43.2 Å². The van der Waals surface area contributed by atoms with E-state index in [1.807, 2.05) is 0 Å². The molecule has 2 nitrogen and oxygen atoms in total. The van der Waals surface area contributed by atoms with Crippen molar-refractivity contribution in [3.63, 3.8) is 0 Å². The fraction of sp³-hybridized carbons (Fsp3) is 0.684. The minimum absolute atomic E-state index is 0.152. The van der Waals surface area contributed by atoms with Crippen LogP contribution in [0.1, 0.15) is 56.4 Å². The zero-order valence-corrected chi connectivity index (χ0v) is 13.7. The first-order valence-corrected chi connectivity index (χ1v) is 8.82. The Balaban J connectivity index is 1.56. The molecular weight excluding hydrogens is 277 g/mol. The van der Waals surface area contributed by atoms with Gasteiger partial charge in [-0.25, -0.2) is 4.39 Å². The number of nitrogens with zero attached hydrogens (tertiary/aromatic N) is 1. The fourth-order valence-electron chi connectivity index (χ4n) is 4.19. The molecule has 2 fully saturated rings. The topological polar surface area (TPSA) is 12.5 Å². The highest BCUT2D eigenvalue weighted by atomic mass is 19.1. The highest BCUT2D eigenvalue weighted by molar-refractivity contribution is 5.37. The molecule has 3 rings (SSSR count). The van der Waals surface area contributed by atoms with Crippen LogP contribution >= 0.6 is 0 Å². The summed E-state index contributed by atoms with van der Waals surface area (Å²) in [6.45, 7) is 3.55. The van der Waals surface area contributed by atoms with Gasteiger partial charge in [-0.05, 0) is 68.8 Å². The maximum atomic E-state index is 13.6. The van der Waals surface area contributed by atoms with Gasteiger partial charge in [-0.15, -0.1) is 0 Å². The molecule has 1 saturated carbocycles. The molecule has 1 aromatic rings. The standard InChI is InChI=1S/C19H28FNO/c1-22-19-8-7-17(20)13-18(19)16-9-11-21(12-10-16)14-15-5-3-2-4-6-15/h7-8,13,15-16H,2-6,9-12,14H2,1H3. The van der Waals surface area contributed by atoms with Crippen molar-refractivity contribution in [3.05, 3.63) is 29.6 Å². The Morgan fingerprint density at radius 1 is 1.09 bits per heavy atom. The van der Waals surface area contributed by atoms with Crippen LogP contribution in [0.5, 0.6) is 5.75 Å². The fourth-order valence-corrected chi connectivity index (χ4v) is 4.19. The van der Waals surface area contributed by atoms with Crippen LogP contribution in [0.3, 0.4) is 0 Å². The summed E-state index contributed by atoms with van der Waals surface area (Å²) < 4.78 is 19.0. The number of hydrogen-bond donors (Lipinski definition) is 0. The average Bonchev–Trinajstić information content (AvgIpc) is 2.56. The Labute approximate surface area is 133 Å². The third-order valence-electron chi connectivity index (χ3n) is 5.46. The van der Waals surface area contributed by atoms with E-state index in [9.17, 15) is 4.39 Å². The van der Waals surface area contributed by atoms with Crippen LogP contribution in [0, 0.1) is 11.7 Å². The summed E-state index contributed by atoms with van der Waals surface area (Å²) in [6.07, 6.45) is 9.33. The first-order valence-electron chi connectivity index (χ1n) is 8.82. The Kier molecular flexibility index (Phi) is 5.35. The van der Waals surface area contributed by atoms with Crippen LogP contribution in [0.2, 0.25) is 0 Å². The van der Waals surface area contributed by atoms with Gasteiger partial charge in [0.2, 0.25) is 0 Å². The number of halogens is 1. The minimum atomic E-state index is -0.152. The summed E-state index contributed by atoms with van der Waals surface area (Å²) in [5.74, 6) is 2.04. The van der Waals surface area contributed by atoms with Gasteiger partial charge in [-0.1, -0.05) is 19.3 Å². The van der Waals surface area contributed by atoms with E-state index in [4.69, 9.17) is 4.74 Å². The molecule has 0 N–H and O–H groups in total. The molecule has 1 saturated heterocycles. The maximum absolute atomic E-state index is 13.6. The van der Waals surface area contributed by atoms with Gasteiger partial charge >= 0.3 is 0 Å². The lowest BCUT2D eigenvalue weighted by atomic mass is 9.86. The minimum Gasteiger partial charge on any atom is -0.496 e. The Morgan fingerprint density at radius 3 is 2.50 bits per heavy atom. The lowest BCUT2D eigenvalue weighted by Crippen LogP contribution is -2.37. The number of piperidine rings is 1. The van der Waals surface area contributed by atoms with Gasteiger partial charge in [0.25, 0.3) is 0 Å². The van der Waals surface area contributed by atoms with E-state index in [-0.39, 0.29) is 5.82 Å². The molecule has 3 heteroatoms. The molecule has 122 valence electrons. The number of rotatable bonds is 4. The van der Waals surface area contributed by atoms with E-state index >= 15 is 0 Å². The predicted octanol–water partition coefficient (Wildman–Crippen LogP) is 4.59. The number of methoxy groups -OCH3 is 1. The Hall–Kier alpha value is -1.09. The molecule has 0 spiro atoms. The molecule has 0 radical (unpaired) electrons. The molecule has 0 bridgehead atoms. The molecule has 1 aliphatic heterocycles. The molecule has 0 aromatic heterocycles. The summed E-state index contributed by atoms with van der Waals surface area (Å²) in [4.78, 5) is 2.62.